The zero-order valence-corrected chi connectivity index (χ0v) is 12.2. The van der Waals surface area contributed by atoms with Crippen LogP contribution in [0.2, 0.25) is 0 Å². The lowest BCUT2D eigenvalue weighted by atomic mass is 10.2. The molecule has 1 fully saturated rings. The van der Waals surface area contributed by atoms with E-state index in [1.54, 1.807) is 6.92 Å². The van der Waals surface area contributed by atoms with Crippen molar-refractivity contribution in [3.63, 3.8) is 0 Å². The van der Waals surface area contributed by atoms with Crippen LogP contribution in [0.4, 0.5) is 5.69 Å². The molecule has 4 nitrogen and oxygen atoms in total. The lowest BCUT2D eigenvalue weighted by Crippen LogP contribution is -2.33. The Bertz CT molecular complexity index is 425. The summed E-state index contributed by atoms with van der Waals surface area (Å²) in [6, 6.07) is 8.02. The predicted octanol–water partition coefficient (Wildman–Crippen LogP) is 1.74. The van der Waals surface area contributed by atoms with Crippen LogP contribution in [0, 0.1) is 0 Å². The van der Waals surface area contributed by atoms with Crippen LogP contribution in [-0.4, -0.2) is 41.9 Å². The highest BCUT2D eigenvalue weighted by Crippen LogP contribution is 2.11. The van der Waals surface area contributed by atoms with Gasteiger partial charge in [0.05, 0.1) is 0 Å². The zero-order valence-electron chi connectivity index (χ0n) is 11.3. The van der Waals surface area contributed by atoms with Gasteiger partial charge in [-0.25, -0.2) is 0 Å². The summed E-state index contributed by atoms with van der Waals surface area (Å²) in [6.45, 7) is 6.25. The summed E-state index contributed by atoms with van der Waals surface area (Å²) in [5.74, 6) is 0.181. The van der Waals surface area contributed by atoms with Gasteiger partial charge in [-0.05, 0) is 24.1 Å². The van der Waals surface area contributed by atoms with Crippen molar-refractivity contribution in [3.8, 4) is 0 Å². The van der Waals surface area contributed by atoms with Gasteiger partial charge in [-0.3, -0.25) is 9.69 Å². The molecule has 1 saturated heterocycles. The molecule has 1 aromatic carbocycles. The van der Waals surface area contributed by atoms with E-state index in [4.69, 9.17) is 5.73 Å². The number of nitrogens with two attached hydrogens (primary N) is 1. The van der Waals surface area contributed by atoms with Gasteiger partial charge < -0.3 is 10.6 Å². The van der Waals surface area contributed by atoms with E-state index < -0.39 is 0 Å². The molecule has 0 unspecified atom stereocenters. The Labute approximate surface area is 121 Å². The Hall–Kier alpha value is -1.26. The molecule has 1 amide bonds. The Morgan fingerprint density at radius 2 is 2.05 bits per heavy atom. The van der Waals surface area contributed by atoms with E-state index >= 15 is 0 Å². The van der Waals surface area contributed by atoms with Gasteiger partial charge in [0, 0.05) is 45.3 Å². The van der Waals surface area contributed by atoms with Gasteiger partial charge in [0.15, 0.2) is 0 Å². The number of amides is 1. The minimum absolute atomic E-state index is 0. The van der Waals surface area contributed by atoms with Crippen molar-refractivity contribution < 1.29 is 4.79 Å². The molecule has 0 saturated carbocycles. The molecule has 5 heteroatoms. The van der Waals surface area contributed by atoms with Crippen molar-refractivity contribution in [1.29, 1.82) is 0 Å². The second kappa shape index (κ2) is 7.36. The topological polar surface area (TPSA) is 49.6 Å². The molecule has 1 aromatic rings. The monoisotopic (exact) mass is 283 g/mol. The molecule has 19 heavy (non-hydrogen) atoms. The fourth-order valence-corrected chi connectivity index (χ4v) is 2.39. The second-order valence-corrected chi connectivity index (χ2v) is 4.88. The molecule has 0 atom stereocenters. The summed E-state index contributed by atoms with van der Waals surface area (Å²) >= 11 is 0. The van der Waals surface area contributed by atoms with Crippen molar-refractivity contribution >= 4 is 24.0 Å². The molecule has 2 N–H and O–H groups in total. The van der Waals surface area contributed by atoms with E-state index in [9.17, 15) is 4.79 Å². The van der Waals surface area contributed by atoms with Crippen molar-refractivity contribution in [1.82, 2.24) is 9.80 Å². The van der Waals surface area contributed by atoms with Crippen molar-refractivity contribution in [2.24, 2.45) is 0 Å². The molecular weight excluding hydrogens is 262 g/mol. The number of nitrogens with zero attached hydrogens (tertiary/aromatic N) is 2. The average Bonchev–Trinajstić information content (AvgIpc) is 2.55. The first-order chi connectivity index (χ1) is 8.65. The maximum Gasteiger partial charge on any atom is 0.219 e. The van der Waals surface area contributed by atoms with Gasteiger partial charge in [0.1, 0.15) is 0 Å². The number of nitrogen functional groups attached to an aromatic ring is 1. The SMILES string of the molecule is CC(=O)N1CCCN(Cc2cccc(N)c2)CC1.Cl. The standard InChI is InChI=1S/C14H21N3O.ClH/c1-12(18)17-7-3-6-16(8-9-17)11-13-4-2-5-14(15)10-13;/h2,4-5,10H,3,6-9,11,15H2,1H3;1H. The minimum atomic E-state index is 0. The number of hydrogen-bond donors (Lipinski definition) is 1. The molecular formula is C14H22ClN3O. The lowest BCUT2D eigenvalue weighted by Gasteiger charge is -2.21. The summed E-state index contributed by atoms with van der Waals surface area (Å²) in [5, 5.41) is 0. The zero-order chi connectivity index (χ0) is 13.0. The maximum absolute atomic E-state index is 11.4. The molecule has 0 aromatic heterocycles. The highest BCUT2D eigenvalue weighted by Gasteiger charge is 2.16. The van der Waals surface area contributed by atoms with Gasteiger partial charge in [0.25, 0.3) is 0 Å². The van der Waals surface area contributed by atoms with Crippen molar-refractivity contribution in [3.05, 3.63) is 29.8 Å². The van der Waals surface area contributed by atoms with E-state index in [1.165, 1.54) is 5.56 Å². The van der Waals surface area contributed by atoms with Gasteiger partial charge in [-0.15, -0.1) is 12.4 Å². The van der Waals surface area contributed by atoms with Crippen molar-refractivity contribution in [2.45, 2.75) is 19.9 Å². The summed E-state index contributed by atoms with van der Waals surface area (Å²) in [5.41, 5.74) is 7.84. The third kappa shape index (κ3) is 4.73. The Kier molecular flexibility index (Phi) is 6.12. The Balaban J connectivity index is 0.00000180. The number of anilines is 1. The summed E-state index contributed by atoms with van der Waals surface area (Å²) in [6.07, 6.45) is 1.04. The van der Waals surface area contributed by atoms with Crippen LogP contribution in [0.15, 0.2) is 24.3 Å². The van der Waals surface area contributed by atoms with Gasteiger partial charge in [-0.2, -0.15) is 0 Å². The molecule has 1 aliphatic rings. The number of halogens is 1. The second-order valence-electron chi connectivity index (χ2n) is 4.88. The highest BCUT2D eigenvalue weighted by atomic mass is 35.5. The lowest BCUT2D eigenvalue weighted by molar-refractivity contribution is -0.128. The summed E-state index contributed by atoms with van der Waals surface area (Å²) in [4.78, 5) is 15.7. The molecule has 0 bridgehead atoms. The normalized spacial score (nSPS) is 16.6. The average molecular weight is 284 g/mol. The molecule has 0 radical (unpaired) electrons. The van der Waals surface area contributed by atoms with Crippen LogP contribution in [0.5, 0.6) is 0 Å². The summed E-state index contributed by atoms with van der Waals surface area (Å²) in [7, 11) is 0. The van der Waals surface area contributed by atoms with Crippen LogP contribution in [-0.2, 0) is 11.3 Å². The number of carbonyl (C=O) groups excluding carboxylic acids is 1. The minimum Gasteiger partial charge on any atom is -0.399 e. The van der Waals surface area contributed by atoms with Crippen molar-refractivity contribution in [2.75, 3.05) is 31.9 Å². The first-order valence-corrected chi connectivity index (χ1v) is 6.47. The van der Waals surface area contributed by atoms with Crippen LogP contribution >= 0.6 is 12.4 Å². The third-order valence-corrected chi connectivity index (χ3v) is 3.39. The van der Waals surface area contributed by atoms with Crippen LogP contribution in [0.25, 0.3) is 0 Å². The van der Waals surface area contributed by atoms with E-state index in [-0.39, 0.29) is 18.3 Å². The molecule has 106 valence electrons. The van der Waals surface area contributed by atoms with Crippen LogP contribution < -0.4 is 5.73 Å². The van der Waals surface area contributed by atoms with Gasteiger partial charge in [0.2, 0.25) is 5.91 Å². The largest absolute Gasteiger partial charge is 0.399 e. The van der Waals surface area contributed by atoms with E-state index in [0.29, 0.717) is 0 Å². The van der Waals surface area contributed by atoms with Crippen LogP contribution in [0.1, 0.15) is 18.9 Å². The molecule has 1 aliphatic heterocycles. The smallest absolute Gasteiger partial charge is 0.219 e. The van der Waals surface area contributed by atoms with E-state index in [1.807, 2.05) is 23.1 Å². The maximum atomic E-state index is 11.4. The number of benzene rings is 1. The van der Waals surface area contributed by atoms with Gasteiger partial charge >= 0.3 is 0 Å². The number of hydrogen-bond acceptors (Lipinski definition) is 3. The Morgan fingerprint density at radius 3 is 2.74 bits per heavy atom. The number of carbonyl (C=O) groups is 1. The Morgan fingerprint density at radius 1 is 1.26 bits per heavy atom. The van der Waals surface area contributed by atoms with E-state index in [0.717, 1.165) is 44.8 Å². The fourth-order valence-electron chi connectivity index (χ4n) is 2.39. The molecule has 0 aliphatic carbocycles. The molecule has 1 heterocycles. The molecule has 2 rings (SSSR count). The predicted molar refractivity (Wildman–Crippen MR) is 80.3 cm³/mol. The first-order valence-electron chi connectivity index (χ1n) is 6.47. The van der Waals surface area contributed by atoms with E-state index in [2.05, 4.69) is 11.0 Å². The fraction of sp³-hybridized carbons (Fsp3) is 0.500. The van der Waals surface area contributed by atoms with Crippen LogP contribution in [0.3, 0.4) is 0 Å². The number of rotatable bonds is 2. The molecule has 0 spiro atoms. The van der Waals surface area contributed by atoms with Gasteiger partial charge in [-0.1, -0.05) is 12.1 Å². The first kappa shape index (κ1) is 15.8. The quantitative estimate of drug-likeness (QED) is 0.841. The highest BCUT2D eigenvalue weighted by molar-refractivity contribution is 5.85. The summed E-state index contributed by atoms with van der Waals surface area (Å²) < 4.78 is 0. The third-order valence-electron chi connectivity index (χ3n) is 3.39.